The van der Waals surface area contributed by atoms with Gasteiger partial charge in [-0.2, -0.15) is 0 Å². The van der Waals surface area contributed by atoms with Gasteiger partial charge < -0.3 is 9.67 Å². The van der Waals surface area contributed by atoms with Gasteiger partial charge in [0, 0.05) is 11.9 Å². The first-order valence-electron chi connectivity index (χ1n) is 7.63. The van der Waals surface area contributed by atoms with Crippen molar-refractivity contribution in [3.05, 3.63) is 53.3 Å². The number of unbranched alkanes of at least 4 members (excludes halogenated alkanes) is 3. The highest BCUT2D eigenvalue weighted by Gasteiger charge is 2.09. The lowest BCUT2D eigenvalue weighted by molar-refractivity contribution is 0.273. The van der Waals surface area contributed by atoms with E-state index in [0.29, 0.717) is 0 Å². The molecule has 0 atom stereocenters. The van der Waals surface area contributed by atoms with Gasteiger partial charge in [0.05, 0.1) is 12.3 Å². The minimum absolute atomic E-state index is 0.101. The number of aromatic nitrogens is 1. The van der Waals surface area contributed by atoms with Crippen molar-refractivity contribution >= 4 is 0 Å². The van der Waals surface area contributed by atoms with Gasteiger partial charge >= 0.3 is 0 Å². The number of hydrogen-bond acceptors (Lipinski definition) is 1. The molecule has 0 amide bonds. The lowest BCUT2D eigenvalue weighted by Gasteiger charge is -2.10. The lowest BCUT2D eigenvalue weighted by atomic mass is 10.1. The van der Waals surface area contributed by atoms with Gasteiger partial charge in [0.15, 0.2) is 0 Å². The zero-order valence-electron chi connectivity index (χ0n) is 12.6. The van der Waals surface area contributed by atoms with E-state index in [9.17, 15) is 5.11 Å². The van der Waals surface area contributed by atoms with Crippen LogP contribution >= 0.6 is 0 Å². The summed E-state index contributed by atoms with van der Waals surface area (Å²) in [5.41, 5.74) is 4.69. The van der Waals surface area contributed by atoms with E-state index >= 15 is 0 Å². The summed E-state index contributed by atoms with van der Waals surface area (Å²) in [5.74, 6) is 0. The van der Waals surface area contributed by atoms with Crippen LogP contribution in [0.25, 0.3) is 5.69 Å². The fraction of sp³-hybridized carbons (Fsp3) is 0.444. The van der Waals surface area contributed by atoms with Crippen LogP contribution in [-0.2, 0) is 13.0 Å². The third-order valence-corrected chi connectivity index (χ3v) is 3.85. The van der Waals surface area contributed by atoms with Crippen LogP contribution in [0.2, 0.25) is 0 Å². The topological polar surface area (TPSA) is 25.2 Å². The number of aryl methyl sites for hydroxylation is 2. The number of benzene rings is 1. The smallest absolute Gasteiger partial charge is 0.0839 e. The maximum Gasteiger partial charge on any atom is 0.0839 e. The second-order valence-electron chi connectivity index (χ2n) is 5.46. The third-order valence-electron chi connectivity index (χ3n) is 3.85. The molecule has 0 bridgehead atoms. The highest BCUT2D eigenvalue weighted by molar-refractivity contribution is 5.39. The molecular weight excluding hydrogens is 246 g/mol. The van der Waals surface area contributed by atoms with Crippen molar-refractivity contribution in [3.8, 4) is 5.69 Å². The van der Waals surface area contributed by atoms with Crippen LogP contribution in [0.4, 0.5) is 0 Å². The molecule has 2 nitrogen and oxygen atoms in total. The Labute approximate surface area is 122 Å². The lowest BCUT2D eigenvalue weighted by Crippen LogP contribution is -2.01. The molecule has 2 aromatic rings. The molecule has 2 heteroatoms. The number of aliphatic hydroxyl groups excluding tert-OH is 1. The first-order chi connectivity index (χ1) is 9.76. The van der Waals surface area contributed by atoms with Gasteiger partial charge in [-0.15, -0.1) is 0 Å². The van der Waals surface area contributed by atoms with Gasteiger partial charge in [0.25, 0.3) is 0 Å². The summed E-state index contributed by atoms with van der Waals surface area (Å²) < 4.78 is 2.11. The monoisotopic (exact) mass is 271 g/mol. The van der Waals surface area contributed by atoms with E-state index < -0.39 is 0 Å². The second-order valence-corrected chi connectivity index (χ2v) is 5.46. The summed E-state index contributed by atoms with van der Waals surface area (Å²) in [6, 6.07) is 10.6. The Balaban J connectivity index is 2.14. The molecule has 1 aromatic heterocycles. The zero-order valence-corrected chi connectivity index (χ0v) is 12.6. The van der Waals surface area contributed by atoms with Crippen LogP contribution < -0.4 is 0 Å². The fourth-order valence-corrected chi connectivity index (χ4v) is 2.60. The Morgan fingerprint density at radius 3 is 2.40 bits per heavy atom. The predicted octanol–water partition coefficient (Wildman–Crippen LogP) is 4.40. The number of rotatable bonds is 7. The summed E-state index contributed by atoms with van der Waals surface area (Å²) in [5, 5.41) is 9.69. The summed E-state index contributed by atoms with van der Waals surface area (Å²) in [7, 11) is 0. The van der Waals surface area contributed by atoms with E-state index in [-0.39, 0.29) is 6.61 Å². The number of nitrogens with zero attached hydrogens (tertiary/aromatic N) is 1. The molecule has 0 aliphatic heterocycles. The summed E-state index contributed by atoms with van der Waals surface area (Å²) in [6.45, 7) is 4.42. The van der Waals surface area contributed by atoms with Gasteiger partial charge in [-0.3, -0.25) is 0 Å². The normalized spacial score (nSPS) is 10.9. The van der Waals surface area contributed by atoms with E-state index in [1.165, 1.54) is 36.8 Å². The Morgan fingerprint density at radius 1 is 1.00 bits per heavy atom. The van der Waals surface area contributed by atoms with E-state index in [1.807, 2.05) is 0 Å². The Bertz CT molecular complexity index is 525. The van der Waals surface area contributed by atoms with Crippen molar-refractivity contribution in [2.75, 3.05) is 0 Å². The first kappa shape index (κ1) is 14.9. The Kier molecular flexibility index (Phi) is 5.42. The predicted molar refractivity (Wildman–Crippen MR) is 84.3 cm³/mol. The van der Waals surface area contributed by atoms with Crippen molar-refractivity contribution < 1.29 is 5.11 Å². The molecule has 1 N–H and O–H groups in total. The molecule has 0 aliphatic carbocycles. The van der Waals surface area contributed by atoms with Crippen LogP contribution in [0, 0.1) is 6.92 Å². The van der Waals surface area contributed by atoms with E-state index in [4.69, 9.17) is 0 Å². The average molecular weight is 271 g/mol. The highest BCUT2D eigenvalue weighted by atomic mass is 16.3. The molecule has 0 unspecified atom stereocenters. The molecule has 0 radical (unpaired) electrons. The van der Waals surface area contributed by atoms with Gasteiger partial charge in [0.2, 0.25) is 0 Å². The summed E-state index contributed by atoms with van der Waals surface area (Å²) in [6.07, 6.45) is 8.18. The Morgan fingerprint density at radius 2 is 1.75 bits per heavy atom. The van der Waals surface area contributed by atoms with E-state index in [2.05, 4.69) is 54.9 Å². The van der Waals surface area contributed by atoms with Gasteiger partial charge in [-0.25, -0.2) is 0 Å². The van der Waals surface area contributed by atoms with Crippen LogP contribution in [-0.4, -0.2) is 9.67 Å². The van der Waals surface area contributed by atoms with Crippen LogP contribution in [0.15, 0.2) is 36.5 Å². The molecule has 20 heavy (non-hydrogen) atoms. The van der Waals surface area contributed by atoms with Gasteiger partial charge in [-0.05, 0) is 43.5 Å². The molecule has 108 valence electrons. The second kappa shape index (κ2) is 7.30. The third kappa shape index (κ3) is 3.51. The average Bonchev–Trinajstić information content (AvgIpc) is 2.87. The van der Waals surface area contributed by atoms with Crippen molar-refractivity contribution in [1.82, 2.24) is 4.57 Å². The fourth-order valence-electron chi connectivity index (χ4n) is 2.60. The van der Waals surface area contributed by atoms with Gasteiger partial charge in [0.1, 0.15) is 0 Å². The molecule has 0 saturated carbocycles. The molecule has 0 saturated heterocycles. The number of hydrogen-bond donors (Lipinski definition) is 1. The SMILES string of the molecule is CCCCCCc1ccn(-c2ccc(C)cc2)c1CO. The van der Waals surface area contributed by atoms with Crippen molar-refractivity contribution in [2.24, 2.45) is 0 Å². The van der Waals surface area contributed by atoms with E-state index in [0.717, 1.165) is 17.8 Å². The minimum Gasteiger partial charge on any atom is -0.390 e. The molecule has 2 rings (SSSR count). The van der Waals surface area contributed by atoms with Crippen molar-refractivity contribution in [2.45, 2.75) is 52.6 Å². The molecular formula is C18H25NO. The van der Waals surface area contributed by atoms with Crippen LogP contribution in [0.3, 0.4) is 0 Å². The number of aliphatic hydroxyl groups is 1. The zero-order chi connectivity index (χ0) is 14.4. The summed E-state index contributed by atoms with van der Waals surface area (Å²) in [4.78, 5) is 0. The summed E-state index contributed by atoms with van der Waals surface area (Å²) >= 11 is 0. The molecule has 1 heterocycles. The highest BCUT2D eigenvalue weighted by Crippen LogP contribution is 2.20. The molecule has 0 spiro atoms. The molecule has 0 aliphatic rings. The largest absolute Gasteiger partial charge is 0.390 e. The van der Waals surface area contributed by atoms with Gasteiger partial charge in [-0.1, -0.05) is 43.9 Å². The van der Waals surface area contributed by atoms with Crippen molar-refractivity contribution in [3.63, 3.8) is 0 Å². The maximum atomic E-state index is 9.69. The van der Waals surface area contributed by atoms with Crippen LogP contribution in [0.5, 0.6) is 0 Å². The standard InChI is InChI=1S/C18H25NO/c1-3-4-5-6-7-16-12-13-19(18(16)14-20)17-10-8-15(2)9-11-17/h8-13,20H,3-7,14H2,1-2H3. The minimum atomic E-state index is 0.101. The van der Waals surface area contributed by atoms with Crippen molar-refractivity contribution in [1.29, 1.82) is 0 Å². The van der Waals surface area contributed by atoms with E-state index in [1.54, 1.807) is 0 Å². The first-order valence-corrected chi connectivity index (χ1v) is 7.63. The molecule has 0 fully saturated rings. The molecule has 1 aromatic carbocycles. The van der Waals surface area contributed by atoms with Crippen LogP contribution in [0.1, 0.15) is 49.4 Å². The quantitative estimate of drug-likeness (QED) is 0.742. The Hall–Kier alpha value is -1.54. The maximum absolute atomic E-state index is 9.69.